The van der Waals surface area contributed by atoms with Gasteiger partial charge in [0.15, 0.2) is 5.82 Å². The van der Waals surface area contributed by atoms with Gasteiger partial charge in [-0.1, -0.05) is 17.7 Å². The van der Waals surface area contributed by atoms with Crippen LogP contribution >= 0.6 is 11.6 Å². The van der Waals surface area contributed by atoms with Gasteiger partial charge in [-0.2, -0.15) is 0 Å². The van der Waals surface area contributed by atoms with Gasteiger partial charge >= 0.3 is 5.97 Å². The molecular formula is C25H19ClFN5O4. The molecule has 0 unspecified atom stereocenters. The second-order valence-electron chi connectivity index (χ2n) is 7.96. The van der Waals surface area contributed by atoms with E-state index in [0.717, 1.165) is 0 Å². The number of ether oxygens (including phenoxy) is 1. The van der Waals surface area contributed by atoms with Crippen molar-refractivity contribution < 1.29 is 23.8 Å². The minimum atomic E-state index is -1.08. The number of carbonyl (C=O) groups is 2. The van der Waals surface area contributed by atoms with Crippen LogP contribution in [0.25, 0.3) is 33.5 Å². The maximum atomic E-state index is 14.3. The molecule has 5 rings (SSSR count). The van der Waals surface area contributed by atoms with Gasteiger partial charge in [0.1, 0.15) is 11.6 Å². The third-order valence-electron chi connectivity index (χ3n) is 5.66. The van der Waals surface area contributed by atoms with Crippen LogP contribution in [0.2, 0.25) is 5.02 Å². The Morgan fingerprint density at radius 2 is 1.97 bits per heavy atom. The molecule has 182 valence electrons. The summed E-state index contributed by atoms with van der Waals surface area (Å²) in [7, 11) is 1.55. The van der Waals surface area contributed by atoms with E-state index in [1.54, 1.807) is 42.0 Å². The number of aromatic amines is 1. The number of anilines is 1. The summed E-state index contributed by atoms with van der Waals surface area (Å²) in [4.78, 5) is 36.4. The van der Waals surface area contributed by atoms with Crippen molar-refractivity contribution in [2.24, 2.45) is 0 Å². The maximum absolute atomic E-state index is 14.3. The number of carboxylic acids is 1. The molecule has 0 bridgehead atoms. The fraction of sp³-hybridized carbons (Fsp3) is 0.120. The lowest BCUT2D eigenvalue weighted by atomic mass is 10.2. The van der Waals surface area contributed by atoms with E-state index in [-0.39, 0.29) is 27.8 Å². The first-order valence-corrected chi connectivity index (χ1v) is 11.2. The Morgan fingerprint density at radius 3 is 2.72 bits per heavy atom. The second-order valence-corrected chi connectivity index (χ2v) is 8.36. The zero-order valence-electron chi connectivity index (χ0n) is 18.9. The average Bonchev–Trinajstić information content (AvgIpc) is 3.43. The van der Waals surface area contributed by atoms with E-state index in [2.05, 4.69) is 20.3 Å². The van der Waals surface area contributed by atoms with Gasteiger partial charge in [-0.25, -0.2) is 19.2 Å². The molecule has 5 aromatic rings. The van der Waals surface area contributed by atoms with Crippen LogP contribution in [0.15, 0.2) is 54.6 Å². The monoisotopic (exact) mass is 507 g/mol. The van der Waals surface area contributed by atoms with Gasteiger partial charge in [0, 0.05) is 19.3 Å². The lowest BCUT2D eigenvalue weighted by Crippen LogP contribution is -2.19. The van der Waals surface area contributed by atoms with Crippen molar-refractivity contribution in [3.05, 3.63) is 76.8 Å². The predicted molar refractivity (Wildman–Crippen MR) is 133 cm³/mol. The number of aromatic nitrogens is 4. The highest BCUT2D eigenvalue weighted by molar-refractivity contribution is 6.33. The average molecular weight is 508 g/mol. The smallest absolute Gasteiger partial charge is 0.335 e. The number of aromatic carboxylic acids is 1. The molecule has 9 nitrogen and oxygen atoms in total. The Balaban J connectivity index is 1.48. The van der Waals surface area contributed by atoms with E-state index < -0.39 is 17.7 Å². The van der Waals surface area contributed by atoms with Crippen LogP contribution in [0.5, 0.6) is 0 Å². The number of hydrogen-bond donors (Lipinski definition) is 3. The highest BCUT2D eigenvalue weighted by Gasteiger charge is 2.20. The van der Waals surface area contributed by atoms with E-state index in [9.17, 15) is 19.1 Å². The summed E-state index contributed by atoms with van der Waals surface area (Å²) < 4.78 is 21.2. The maximum Gasteiger partial charge on any atom is 0.335 e. The van der Waals surface area contributed by atoms with Crippen molar-refractivity contribution >= 4 is 51.2 Å². The van der Waals surface area contributed by atoms with E-state index in [1.165, 1.54) is 24.3 Å². The van der Waals surface area contributed by atoms with Crippen molar-refractivity contribution in [1.29, 1.82) is 0 Å². The van der Waals surface area contributed by atoms with Gasteiger partial charge in [-0.3, -0.25) is 4.79 Å². The molecule has 0 saturated carbocycles. The molecule has 11 heteroatoms. The van der Waals surface area contributed by atoms with Crippen LogP contribution in [0, 0.1) is 5.82 Å². The van der Waals surface area contributed by atoms with Crippen molar-refractivity contribution in [3.8, 4) is 11.4 Å². The summed E-state index contributed by atoms with van der Waals surface area (Å²) in [5.41, 5.74) is 2.81. The number of hydrogen-bond acceptors (Lipinski definition) is 5. The first-order valence-electron chi connectivity index (χ1n) is 10.8. The van der Waals surface area contributed by atoms with Gasteiger partial charge in [-0.05, 0) is 48.5 Å². The molecule has 0 radical (unpaired) electrons. The molecule has 36 heavy (non-hydrogen) atoms. The number of benzene rings is 3. The van der Waals surface area contributed by atoms with Gasteiger partial charge in [0.2, 0.25) is 0 Å². The highest BCUT2D eigenvalue weighted by Crippen LogP contribution is 2.30. The molecule has 2 heterocycles. The molecule has 3 N–H and O–H groups in total. The zero-order valence-corrected chi connectivity index (χ0v) is 19.6. The number of amides is 1. The topological polar surface area (TPSA) is 122 Å². The lowest BCUT2D eigenvalue weighted by molar-refractivity contribution is 0.0696. The number of rotatable bonds is 7. The van der Waals surface area contributed by atoms with Gasteiger partial charge in [-0.15, -0.1) is 0 Å². The lowest BCUT2D eigenvalue weighted by Gasteiger charge is -2.09. The van der Waals surface area contributed by atoms with Crippen LogP contribution in [0.1, 0.15) is 21.0 Å². The zero-order chi connectivity index (χ0) is 25.4. The largest absolute Gasteiger partial charge is 0.478 e. The van der Waals surface area contributed by atoms with Gasteiger partial charge in [0.25, 0.3) is 5.91 Å². The first kappa shape index (κ1) is 23.5. The van der Waals surface area contributed by atoms with E-state index >= 15 is 0 Å². The first-order chi connectivity index (χ1) is 17.4. The number of nitrogens with zero attached hydrogens (tertiary/aromatic N) is 3. The predicted octanol–water partition coefficient (Wildman–Crippen LogP) is 4.97. The summed E-state index contributed by atoms with van der Waals surface area (Å²) >= 11 is 6.16. The number of fused-ring (bicyclic) bond motifs is 2. The van der Waals surface area contributed by atoms with E-state index in [4.69, 9.17) is 16.3 Å². The molecule has 1 amide bonds. The Morgan fingerprint density at radius 1 is 1.14 bits per heavy atom. The fourth-order valence-corrected chi connectivity index (χ4v) is 4.21. The van der Waals surface area contributed by atoms with Crippen molar-refractivity contribution in [2.45, 2.75) is 6.54 Å². The second kappa shape index (κ2) is 9.40. The van der Waals surface area contributed by atoms with Crippen LogP contribution in [-0.2, 0) is 11.3 Å². The summed E-state index contributed by atoms with van der Waals surface area (Å²) in [6.07, 6.45) is 0. The molecule has 2 aromatic heterocycles. The molecule has 0 spiro atoms. The number of carbonyl (C=O) groups excluding carboxylic acids is 1. The molecule has 0 aliphatic carbocycles. The van der Waals surface area contributed by atoms with Crippen LogP contribution in [-0.4, -0.2) is 50.2 Å². The molecule has 0 aliphatic rings. The molecule has 0 saturated heterocycles. The highest BCUT2D eigenvalue weighted by atomic mass is 35.5. The Kier molecular flexibility index (Phi) is 6.13. The Labute approximate surface area is 208 Å². The molecule has 0 atom stereocenters. The SMILES string of the molecule is COCCn1c(C(=O)Nc2ccc3nc(-c4c(F)cccc4Cl)[nH]c3c2)nc2cc(C(=O)O)ccc21. The van der Waals surface area contributed by atoms with Crippen molar-refractivity contribution in [2.75, 3.05) is 19.0 Å². The van der Waals surface area contributed by atoms with Crippen molar-refractivity contribution in [3.63, 3.8) is 0 Å². The number of carboxylic acid groups (broad SMARTS) is 1. The summed E-state index contributed by atoms with van der Waals surface area (Å²) in [5.74, 6) is -1.70. The number of H-pyrrole nitrogens is 1. The Bertz CT molecular complexity index is 1620. The van der Waals surface area contributed by atoms with E-state index in [1.807, 2.05) is 0 Å². The minimum Gasteiger partial charge on any atom is -0.478 e. The summed E-state index contributed by atoms with van der Waals surface area (Å²) in [5, 5.41) is 12.3. The minimum absolute atomic E-state index is 0.0707. The number of halogens is 2. The van der Waals surface area contributed by atoms with Crippen LogP contribution in [0.3, 0.4) is 0 Å². The number of methoxy groups -OCH3 is 1. The fourth-order valence-electron chi connectivity index (χ4n) is 3.96. The van der Waals surface area contributed by atoms with Gasteiger partial charge < -0.3 is 24.7 Å². The van der Waals surface area contributed by atoms with Crippen LogP contribution in [0.4, 0.5) is 10.1 Å². The molecule has 0 aliphatic heterocycles. The third kappa shape index (κ3) is 4.28. The summed E-state index contributed by atoms with van der Waals surface area (Å²) in [6, 6.07) is 13.9. The van der Waals surface area contributed by atoms with Crippen LogP contribution < -0.4 is 5.32 Å². The molecular weight excluding hydrogens is 489 g/mol. The third-order valence-corrected chi connectivity index (χ3v) is 5.97. The Hall–Kier alpha value is -4.28. The van der Waals surface area contributed by atoms with Crippen molar-refractivity contribution in [1.82, 2.24) is 19.5 Å². The number of nitrogens with one attached hydrogen (secondary N) is 2. The van der Waals surface area contributed by atoms with E-state index in [0.29, 0.717) is 40.9 Å². The number of imidazole rings is 2. The molecule has 0 fully saturated rings. The normalized spacial score (nSPS) is 11.3. The quantitative estimate of drug-likeness (QED) is 0.286. The molecule has 3 aromatic carbocycles. The summed E-state index contributed by atoms with van der Waals surface area (Å²) in [6.45, 7) is 0.669. The van der Waals surface area contributed by atoms with Gasteiger partial charge in [0.05, 0.1) is 44.8 Å². The standard InChI is InChI=1S/C25H19ClFN5O4/c1-36-10-9-32-20-8-5-13(25(34)35)11-19(20)31-23(32)24(33)28-14-6-7-17-18(12-14)30-22(29-17)21-15(26)3-2-4-16(21)27/h2-8,11-12H,9-10H2,1H3,(H,28,33)(H,29,30)(H,34,35).